The highest BCUT2D eigenvalue weighted by Gasteiger charge is 2.51. The number of nitrogens with zero attached hydrogens (tertiary/aromatic N) is 2. The molecule has 4 nitrogen and oxygen atoms in total. The van der Waals surface area contributed by atoms with Crippen molar-refractivity contribution in [1.29, 1.82) is 0 Å². The van der Waals surface area contributed by atoms with E-state index in [9.17, 15) is 13.6 Å². The van der Waals surface area contributed by atoms with Crippen LogP contribution < -0.4 is 5.32 Å². The Morgan fingerprint density at radius 3 is 2.20 bits per heavy atom. The van der Waals surface area contributed by atoms with Crippen molar-refractivity contribution < 1.29 is 13.6 Å². The predicted molar refractivity (Wildman–Crippen MR) is 90.7 cm³/mol. The second kappa shape index (κ2) is 5.93. The number of carbonyl (C=O) groups excluding carboxylic acids is 1. The zero-order valence-corrected chi connectivity index (χ0v) is 15.3. The molecule has 4 saturated carbocycles. The minimum absolute atomic E-state index is 0.0514. The predicted octanol–water partition coefficient (Wildman–Crippen LogP) is 4.43. The Hall–Kier alpha value is -1.17. The van der Waals surface area contributed by atoms with E-state index in [-0.39, 0.29) is 16.5 Å². The highest BCUT2D eigenvalue weighted by Crippen LogP contribution is 2.55. The summed E-state index contributed by atoms with van der Waals surface area (Å²) in [5, 5.41) is 7.12. The van der Waals surface area contributed by atoms with E-state index in [1.54, 1.807) is 13.8 Å². The van der Waals surface area contributed by atoms with Gasteiger partial charge in [-0.1, -0.05) is 11.6 Å². The summed E-state index contributed by atoms with van der Waals surface area (Å²) in [7, 11) is 0. The fourth-order valence-corrected chi connectivity index (χ4v) is 5.98. The van der Waals surface area contributed by atoms with E-state index in [1.165, 1.54) is 23.9 Å². The number of aromatic nitrogens is 2. The van der Waals surface area contributed by atoms with Gasteiger partial charge in [0.15, 0.2) is 0 Å². The normalized spacial score (nSPS) is 34.6. The fourth-order valence-electron chi connectivity index (χ4n) is 5.78. The molecule has 0 aliphatic heterocycles. The molecule has 5 rings (SSSR count). The van der Waals surface area contributed by atoms with Crippen LogP contribution in [0.1, 0.15) is 69.3 Å². The van der Waals surface area contributed by atoms with E-state index in [1.807, 2.05) is 0 Å². The highest BCUT2D eigenvalue weighted by molar-refractivity contribution is 6.31. The molecule has 25 heavy (non-hydrogen) atoms. The first-order valence-corrected chi connectivity index (χ1v) is 9.50. The number of hydrogen-bond acceptors (Lipinski definition) is 2. The third-order valence-electron chi connectivity index (χ3n) is 6.48. The third-order valence-corrected chi connectivity index (χ3v) is 6.95. The van der Waals surface area contributed by atoms with Crippen molar-refractivity contribution in [3.05, 3.63) is 16.4 Å². The molecule has 1 unspecified atom stereocenters. The lowest BCUT2D eigenvalue weighted by Gasteiger charge is -2.57. The van der Waals surface area contributed by atoms with Gasteiger partial charge in [-0.25, -0.2) is 8.78 Å². The largest absolute Gasteiger partial charge is 0.349 e. The molecule has 1 N–H and O–H groups in total. The van der Waals surface area contributed by atoms with Crippen molar-refractivity contribution in [2.45, 2.75) is 70.4 Å². The summed E-state index contributed by atoms with van der Waals surface area (Å²) in [6.45, 7) is 3.32. The Labute approximate surface area is 151 Å². The van der Waals surface area contributed by atoms with Crippen LogP contribution >= 0.6 is 11.6 Å². The number of rotatable bonds is 4. The molecule has 4 bridgehead atoms. The second-order valence-corrected chi connectivity index (χ2v) is 8.77. The lowest BCUT2D eigenvalue weighted by molar-refractivity contribution is -0.130. The topological polar surface area (TPSA) is 46.9 Å². The second-order valence-electron chi connectivity index (χ2n) is 8.39. The van der Waals surface area contributed by atoms with Crippen molar-refractivity contribution in [3.8, 4) is 0 Å². The average molecular weight is 372 g/mol. The van der Waals surface area contributed by atoms with Gasteiger partial charge < -0.3 is 5.32 Å². The third kappa shape index (κ3) is 2.86. The van der Waals surface area contributed by atoms with Crippen molar-refractivity contribution in [3.63, 3.8) is 0 Å². The highest BCUT2D eigenvalue weighted by atomic mass is 35.5. The lowest BCUT2D eigenvalue weighted by Crippen LogP contribution is -2.60. The molecule has 0 radical (unpaired) electrons. The maximum Gasteiger partial charge on any atom is 0.283 e. The van der Waals surface area contributed by atoms with Crippen LogP contribution in [-0.2, 0) is 4.79 Å². The minimum Gasteiger partial charge on any atom is -0.349 e. The van der Waals surface area contributed by atoms with Crippen LogP contribution in [0.15, 0.2) is 0 Å². The molecule has 4 aliphatic carbocycles. The van der Waals surface area contributed by atoms with E-state index < -0.39 is 18.2 Å². The number of carbonyl (C=O) groups is 1. The molecule has 7 heteroatoms. The first-order valence-electron chi connectivity index (χ1n) is 9.12. The van der Waals surface area contributed by atoms with Crippen molar-refractivity contribution in [2.24, 2.45) is 17.8 Å². The molecule has 4 fully saturated rings. The molecular weight excluding hydrogens is 348 g/mol. The van der Waals surface area contributed by atoms with E-state index in [0.29, 0.717) is 5.69 Å². The van der Waals surface area contributed by atoms with Gasteiger partial charge in [-0.15, -0.1) is 0 Å². The fraction of sp³-hybridized carbons (Fsp3) is 0.778. The first kappa shape index (κ1) is 17.3. The van der Waals surface area contributed by atoms with Crippen LogP contribution in [0.5, 0.6) is 0 Å². The molecule has 1 aromatic heterocycles. The number of nitrogens with one attached hydrogen (secondary N) is 1. The molecular formula is C18H24ClF2N3O. The van der Waals surface area contributed by atoms with Gasteiger partial charge in [-0.3, -0.25) is 9.48 Å². The monoisotopic (exact) mass is 371 g/mol. The van der Waals surface area contributed by atoms with Gasteiger partial charge in [0.25, 0.3) is 6.43 Å². The van der Waals surface area contributed by atoms with Gasteiger partial charge in [-0.05, 0) is 70.1 Å². The Bertz CT molecular complexity index is 667. The molecule has 0 saturated heterocycles. The number of halogens is 3. The van der Waals surface area contributed by atoms with Crippen molar-refractivity contribution >= 4 is 17.5 Å². The average Bonchev–Trinajstić information content (AvgIpc) is 2.81. The minimum atomic E-state index is -2.74. The summed E-state index contributed by atoms with van der Waals surface area (Å²) < 4.78 is 27.4. The molecule has 1 amide bonds. The van der Waals surface area contributed by atoms with Gasteiger partial charge in [-0.2, -0.15) is 5.10 Å². The van der Waals surface area contributed by atoms with Gasteiger partial charge in [0.05, 0.1) is 10.7 Å². The maximum absolute atomic E-state index is 13.0. The van der Waals surface area contributed by atoms with E-state index >= 15 is 0 Å². The molecule has 0 aromatic carbocycles. The van der Waals surface area contributed by atoms with Crippen molar-refractivity contribution in [2.75, 3.05) is 0 Å². The zero-order chi connectivity index (χ0) is 17.9. The molecule has 1 heterocycles. The van der Waals surface area contributed by atoms with Crippen LogP contribution in [0.2, 0.25) is 5.02 Å². The summed E-state index contributed by atoms with van der Waals surface area (Å²) in [6.07, 6.45) is 4.32. The Morgan fingerprint density at radius 1 is 1.24 bits per heavy atom. The Morgan fingerprint density at radius 2 is 1.76 bits per heavy atom. The quantitative estimate of drug-likeness (QED) is 0.851. The number of hydrogen-bond donors (Lipinski definition) is 1. The van der Waals surface area contributed by atoms with Crippen LogP contribution in [-0.4, -0.2) is 21.2 Å². The maximum atomic E-state index is 13.0. The van der Waals surface area contributed by atoms with Gasteiger partial charge in [0.2, 0.25) is 5.91 Å². The van der Waals surface area contributed by atoms with Crippen LogP contribution in [0.4, 0.5) is 8.78 Å². The van der Waals surface area contributed by atoms with Gasteiger partial charge in [0, 0.05) is 5.54 Å². The number of amides is 1. The summed E-state index contributed by atoms with van der Waals surface area (Å²) >= 11 is 5.96. The van der Waals surface area contributed by atoms with Crippen LogP contribution in [0.25, 0.3) is 0 Å². The summed E-state index contributed by atoms with van der Waals surface area (Å²) in [6, 6.07) is -0.655. The zero-order valence-electron chi connectivity index (χ0n) is 14.6. The Kier molecular flexibility index (Phi) is 4.09. The van der Waals surface area contributed by atoms with Crippen molar-refractivity contribution in [1.82, 2.24) is 15.1 Å². The SMILES string of the molecule is Cc1c(Cl)c(C(F)F)nn1C(C)C(=O)NC12CC3CC(CC(C3)C1)C2. The van der Waals surface area contributed by atoms with E-state index in [0.717, 1.165) is 37.0 Å². The lowest BCUT2D eigenvalue weighted by atomic mass is 9.53. The molecule has 4 aliphatic rings. The standard InChI is InChI=1S/C18H24ClF2N3O/c1-9-14(19)15(16(20)21)23-24(9)10(2)17(25)22-18-6-11-3-12(7-18)5-13(4-11)8-18/h10-13,16H,3-8H2,1-2H3,(H,22,25). The van der Waals surface area contributed by atoms with E-state index in [4.69, 9.17) is 11.6 Å². The Balaban J connectivity index is 1.53. The first-order chi connectivity index (χ1) is 11.8. The van der Waals surface area contributed by atoms with Crippen LogP contribution in [0.3, 0.4) is 0 Å². The summed E-state index contributed by atoms with van der Waals surface area (Å²) in [5.41, 5.74) is -0.144. The smallest absolute Gasteiger partial charge is 0.283 e. The number of alkyl halides is 2. The van der Waals surface area contributed by atoms with E-state index in [2.05, 4.69) is 10.4 Å². The summed E-state index contributed by atoms with van der Waals surface area (Å²) in [4.78, 5) is 12.9. The molecule has 1 atom stereocenters. The van der Waals surface area contributed by atoms with Crippen LogP contribution in [0, 0.1) is 24.7 Å². The molecule has 1 aromatic rings. The van der Waals surface area contributed by atoms with Gasteiger partial charge >= 0.3 is 0 Å². The molecule has 0 spiro atoms. The summed E-state index contributed by atoms with van der Waals surface area (Å²) in [5.74, 6) is 2.04. The van der Waals surface area contributed by atoms with Gasteiger partial charge in [0.1, 0.15) is 11.7 Å². The molecule has 138 valence electrons.